The van der Waals surface area contributed by atoms with Gasteiger partial charge in [-0.25, -0.2) is 4.39 Å². The Hall–Kier alpha value is -1.10. The quantitative estimate of drug-likeness (QED) is 0.905. The summed E-state index contributed by atoms with van der Waals surface area (Å²) in [6.45, 7) is 2.09. The predicted molar refractivity (Wildman–Crippen MR) is 79.2 cm³/mol. The average Bonchev–Trinajstić information content (AvgIpc) is 2.40. The van der Waals surface area contributed by atoms with Gasteiger partial charge < -0.3 is 10.1 Å². The first-order valence-corrected chi connectivity index (χ1v) is 7.71. The van der Waals surface area contributed by atoms with Crippen molar-refractivity contribution >= 4 is 21.8 Å². The fraction of sp³-hybridized carbons (Fsp3) is 0.533. The van der Waals surface area contributed by atoms with E-state index >= 15 is 0 Å². The summed E-state index contributed by atoms with van der Waals surface area (Å²) in [4.78, 5) is 11.8. The van der Waals surface area contributed by atoms with Crippen LogP contribution in [0, 0.1) is 11.7 Å². The first kappa shape index (κ1) is 15.3. The number of halogens is 2. The van der Waals surface area contributed by atoms with E-state index in [2.05, 4.69) is 28.2 Å². The van der Waals surface area contributed by atoms with Crippen LogP contribution in [0.1, 0.15) is 32.6 Å². The Balaban J connectivity index is 1.77. The summed E-state index contributed by atoms with van der Waals surface area (Å²) in [6.07, 6.45) is 4.32. The Morgan fingerprint density at radius 1 is 1.40 bits per heavy atom. The van der Waals surface area contributed by atoms with Gasteiger partial charge in [0.15, 0.2) is 18.2 Å². The molecule has 2 rings (SSSR count). The minimum absolute atomic E-state index is 0.0978. The lowest BCUT2D eigenvalue weighted by Gasteiger charge is -2.26. The van der Waals surface area contributed by atoms with Crippen molar-refractivity contribution in [1.29, 1.82) is 0 Å². The summed E-state index contributed by atoms with van der Waals surface area (Å²) in [7, 11) is 0. The number of hydrogen-bond acceptors (Lipinski definition) is 2. The smallest absolute Gasteiger partial charge is 0.258 e. The Bertz CT molecular complexity index is 473. The summed E-state index contributed by atoms with van der Waals surface area (Å²) < 4.78 is 19.4. The van der Waals surface area contributed by atoms with E-state index in [-0.39, 0.29) is 24.3 Å². The highest BCUT2D eigenvalue weighted by Crippen LogP contribution is 2.24. The summed E-state index contributed by atoms with van der Waals surface area (Å²) in [6, 6.07) is 4.74. The maximum atomic E-state index is 13.5. The lowest BCUT2D eigenvalue weighted by Crippen LogP contribution is -2.39. The van der Waals surface area contributed by atoms with E-state index in [9.17, 15) is 9.18 Å². The number of carbonyl (C=O) groups is 1. The molecule has 3 nitrogen and oxygen atoms in total. The normalized spacial score (nSPS) is 22.4. The third-order valence-corrected chi connectivity index (χ3v) is 4.13. The summed E-state index contributed by atoms with van der Waals surface area (Å²) in [5, 5.41) is 2.94. The Morgan fingerprint density at radius 3 is 2.75 bits per heavy atom. The number of amides is 1. The zero-order valence-electron chi connectivity index (χ0n) is 11.5. The molecule has 20 heavy (non-hydrogen) atoms. The molecule has 0 heterocycles. The summed E-state index contributed by atoms with van der Waals surface area (Å²) in [5.41, 5.74) is 0. The second kappa shape index (κ2) is 7.07. The zero-order chi connectivity index (χ0) is 14.5. The van der Waals surface area contributed by atoms with Crippen molar-refractivity contribution in [2.24, 2.45) is 5.92 Å². The van der Waals surface area contributed by atoms with Gasteiger partial charge in [0.2, 0.25) is 0 Å². The Kier molecular flexibility index (Phi) is 5.40. The van der Waals surface area contributed by atoms with E-state index in [1.165, 1.54) is 12.1 Å². The molecule has 1 aromatic carbocycles. The molecule has 1 aliphatic carbocycles. The topological polar surface area (TPSA) is 38.3 Å². The predicted octanol–water partition coefficient (Wildman–Crippen LogP) is 3.66. The van der Waals surface area contributed by atoms with Crippen LogP contribution in [0.3, 0.4) is 0 Å². The third kappa shape index (κ3) is 4.47. The number of carbonyl (C=O) groups excluding carboxylic acids is 1. The van der Waals surface area contributed by atoms with Gasteiger partial charge in [0.1, 0.15) is 0 Å². The van der Waals surface area contributed by atoms with Gasteiger partial charge in [-0.1, -0.05) is 22.9 Å². The molecular weight excluding hydrogens is 325 g/mol. The molecule has 110 valence electrons. The van der Waals surface area contributed by atoms with Crippen LogP contribution < -0.4 is 10.1 Å². The molecule has 1 fully saturated rings. The molecule has 0 saturated heterocycles. The van der Waals surface area contributed by atoms with E-state index < -0.39 is 5.82 Å². The van der Waals surface area contributed by atoms with E-state index in [4.69, 9.17) is 4.74 Å². The molecule has 0 aliphatic heterocycles. The van der Waals surface area contributed by atoms with Crippen LogP contribution >= 0.6 is 15.9 Å². The monoisotopic (exact) mass is 343 g/mol. The molecule has 0 aromatic heterocycles. The second-order valence-corrected chi connectivity index (χ2v) is 6.30. The molecular formula is C15H19BrFNO2. The number of hydrogen-bond donors (Lipinski definition) is 1. The lowest BCUT2D eigenvalue weighted by atomic mass is 9.87. The number of rotatable bonds is 4. The van der Waals surface area contributed by atoms with Crippen molar-refractivity contribution in [3.8, 4) is 5.75 Å². The van der Waals surface area contributed by atoms with E-state index in [1.807, 2.05) is 0 Å². The largest absolute Gasteiger partial charge is 0.481 e. The summed E-state index contributed by atoms with van der Waals surface area (Å²) in [5.74, 6) is 0.183. The van der Waals surface area contributed by atoms with Crippen LogP contribution in [0.2, 0.25) is 0 Å². The van der Waals surface area contributed by atoms with Crippen molar-refractivity contribution < 1.29 is 13.9 Å². The summed E-state index contributed by atoms with van der Waals surface area (Å²) >= 11 is 3.17. The van der Waals surface area contributed by atoms with Gasteiger partial charge in [-0.15, -0.1) is 0 Å². The molecule has 0 atom stereocenters. The Labute approximate surface area is 127 Å². The third-order valence-electron chi connectivity index (χ3n) is 3.63. The van der Waals surface area contributed by atoms with Gasteiger partial charge in [-0.05, 0) is 49.8 Å². The average molecular weight is 344 g/mol. The van der Waals surface area contributed by atoms with Crippen LogP contribution in [0.4, 0.5) is 4.39 Å². The molecule has 0 radical (unpaired) electrons. The van der Waals surface area contributed by atoms with E-state index in [0.717, 1.165) is 31.6 Å². The van der Waals surface area contributed by atoms with Crippen LogP contribution in [0.5, 0.6) is 5.75 Å². The van der Waals surface area contributed by atoms with Crippen molar-refractivity contribution in [3.63, 3.8) is 0 Å². The number of nitrogens with one attached hydrogen (secondary N) is 1. The van der Waals surface area contributed by atoms with Gasteiger partial charge in [-0.2, -0.15) is 0 Å². The molecule has 0 unspecified atom stereocenters. The lowest BCUT2D eigenvalue weighted by molar-refractivity contribution is -0.124. The van der Waals surface area contributed by atoms with Crippen molar-refractivity contribution in [2.75, 3.05) is 6.61 Å². The van der Waals surface area contributed by atoms with Crippen molar-refractivity contribution in [1.82, 2.24) is 5.32 Å². The second-order valence-electron chi connectivity index (χ2n) is 5.39. The first-order valence-electron chi connectivity index (χ1n) is 6.92. The van der Waals surface area contributed by atoms with Crippen LogP contribution in [-0.4, -0.2) is 18.6 Å². The highest BCUT2D eigenvalue weighted by atomic mass is 79.9. The maximum absolute atomic E-state index is 13.5. The number of ether oxygens (including phenoxy) is 1. The molecule has 1 saturated carbocycles. The van der Waals surface area contributed by atoms with Crippen LogP contribution in [0.25, 0.3) is 0 Å². The van der Waals surface area contributed by atoms with Gasteiger partial charge in [-0.3, -0.25) is 4.79 Å². The molecule has 1 amide bonds. The fourth-order valence-corrected chi connectivity index (χ4v) is 2.74. The van der Waals surface area contributed by atoms with E-state index in [0.29, 0.717) is 4.47 Å². The van der Waals surface area contributed by atoms with Gasteiger partial charge >= 0.3 is 0 Å². The highest BCUT2D eigenvalue weighted by Gasteiger charge is 2.19. The SMILES string of the molecule is CC1CCC(NC(=O)COc2ccc(Br)cc2F)CC1. The van der Waals surface area contributed by atoms with Gasteiger partial charge in [0.05, 0.1) is 0 Å². The minimum atomic E-state index is -0.473. The highest BCUT2D eigenvalue weighted by molar-refractivity contribution is 9.10. The molecule has 1 N–H and O–H groups in total. The van der Waals surface area contributed by atoms with Gasteiger partial charge in [0.25, 0.3) is 5.91 Å². The molecule has 1 aliphatic rings. The standard InChI is InChI=1S/C15H19BrFNO2/c1-10-2-5-12(6-3-10)18-15(19)9-20-14-7-4-11(16)8-13(14)17/h4,7-8,10,12H,2-3,5-6,9H2,1H3,(H,18,19). The molecule has 0 spiro atoms. The molecule has 5 heteroatoms. The van der Waals surface area contributed by atoms with Gasteiger partial charge in [0, 0.05) is 10.5 Å². The van der Waals surface area contributed by atoms with Crippen molar-refractivity contribution in [3.05, 3.63) is 28.5 Å². The molecule has 1 aromatic rings. The first-order chi connectivity index (χ1) is 9.54. The van der Waals surface area contributed by atoms with Crippen molar-refractivity contribution in [2.45, 2.75) is 38.6 Å². The number of benzene rings is 1. The van der Waals surface area contributed by atoms with Crippen LogP contribution in [0.15, 0.2) is 22.7 Å². The fourth-order valence-electron chi connectivity index (χ4n) is 2.41. The zero-order valence-corrected chi connectivity index (χ0v) is 13.1. The maximum Gasteiger partial charge on any atom is 0.258 e. The minimum Gasteiger partial charge on any atom is -0.481 e. The van der Waals surface area contributed by atoms with E-state index in [1.54, 1.807) is 6.07 Å². The molecule has 0 bridgehead atoms. The van der Waals surface area contributed by atoms with Crippen LogP contribution in [-0.2, 0) is 4.79 Å². The Morgan fingerprint density at radius 2 is 2.10 bits per heavy atom.